The normalized spacial score (nSPS) is 10.5. The number of rotatable bonds is 3. The molecule has 2 aromatic rings. The number of hydrogen-bond acceptors (Lipinski definition) is 2. The maximum absolute atomic E-state index is 5.37. The first-order valence-electron chi connectivity index (χ1n) is 4.69. The zero-order valence-corrected chi connectivity index (χ0v) is 9.10. The van der Waals surface area contributed by atoms with Crippen LogP contribution in [0.5, 0.6) is 0 Å². The lowest BCUT2D eigenvalue weighted by molar-refractivity contribution is 0.384. The molecule has 0 unspecified atom stereocenters. The summed E-state index contributed by atoms with van der Waals surface area (Å²) in [5.74, 6) is 5.37. The van der Waals surface area contributed by atoms with Gasteiger partial charge in [-0.15, -0.1) is 0 Å². The maximum atomic E-state index is 5.37. The highest BCUT2D eigenvalue weighted by atomic mass is 31.1. The van der Waals surface area contributed by atoms with Gasteiger partial charge in [0.2, 0.25) is 0 Å². The van der Waals surface area contributed by atoms with Gasteiger partial charge < -0.3 is 0 Å². The van der Waals surface area contributed by atoms with E-state index in [1.165, 1.54) is 0 Å². The molecule has 0 aliphatic heterocycles. The topological polar surface area (TPSA) is 35.2 Å². The van der Waals surface area contributed by atoms with Crippen molar-refractivity contribution in [2.24, 2.45) is 5.90 Å². The number of hydrogen-bond donors (Lipinski definition) is 1. The van der Waals surface area contributed by atoms with E-state index in [1.54, 1.807) is 0 Å². The molecule has 0 aliphatic carbocycles. The van der Waals surface area contributed by atoms with Gasteiger partial charge in [-0.1, -0.05) is 60.7 Å². The lowest BCUT2D eigenvalue weighted by Gasteiger charge is -2.14. The fourth-order valence-electron chi connectivity index (χ4n) is 1.40. The van der Waals surface area contributed by atoms with Crippen LogP contribution in [0.1, 0.15) is 0 Å². The fourth-order valence-corrected chi connectivity index (χ4v) is 2.82. The van der Waals surface area contributed by atoms with E-state index in [0.717, 1.165) is 10.6 Å². The Bertz CT molecular complexity index is 365. The molecule has 0 fully saturated rings. The van der Waals surface area contributed by atoms with Gasteiger partial charge in [-0.2, -0.15) is 0 Å². The molecule has 0 amide bonds. The zero-order valence-electron chi connectivity index (χ0n) is 8.21. The van der Waals surface area contributed by atoms with Gasteiger partial charge in [-0.05, 0) is 0 Å². The highest BCUT2D eigenvalue weighted by Crippen LogP contribution is 2.31. The van der Waals surface area contributed by atoms with Crippen LogP contribution < -0.4 is 16.5 Å². The van der Waals surface area contributed by atoms with E-state index in [4.69, 9.17) is 10.5 Å². The number of benzene rings is 2. The molecule has 2 aromatic carbocycles. The summed E-state index contributed by atoms with van der Waals surface area (Å²) in [6, 6.07) is 20.1. The first-order chi connectivity index (χ1) is 7.42. The van der Waals surface area contributed by atoms with Crippen LogP contribution in [0.3, 0.4) is 0 Å². The minimum Gasteiger partial charge on any atom is -0.273 e. The van der Waals surface area contributed by atoms with Gasteiger partial charge in [-0.25, -0.2) is 5.90 Å². The summed E-state index contributed by atoms with van der Waals surface area (Å²) >= 11 is 0. The van der Waals surface area contributed by atoms with E-state index in [1.807, 2.05) is 60.7 Å². The molecule has 0 spiro atoms. The second-order valence-corrected chi connectivity index (χ2v) is 4.90. The Morgan fingerprint density at radius 2 is 1.13 bits per heavy atom. The largest absolute Gasteiger partial charge is 0.273 e. The standard InChI is InChI=1S/C12H12NOP/c13-14-15(11-7-3-1-4-8-11)12-9-5-2-6-10-12/h1-10H,13H2. The van der Waals surface area contributed by atoms with Crippen LogP contribution in [-0.4, -0.2) is 0 Å². The summed E-state index contributed by atoms with van der Waals surface area (Å²) < 4.78 is 5.09. The highest BCUT2D eigenvalue weighted by molar-refractivity contribution is 7.68. The smallest absolute Gasteiger partial charge is 0.117 e. The van der Waals surface area contributed by atoms with Crippen molar-refractivity contribution in [1.82, 2.24) is 0 Å². The maximum Gasteiger partial charge on any atom is 0.117 e. The summed E-state index contributed by atoms with van der Waals surface area (Å²) in [4.78, 5) is 0. The Balaban J connectivity index is 2.34. The molecular weight excluding hydrogens is 205 g/mol. The predicted octanol–water partition coefficient (Wildman–Crippen LogP) is 1.92. The molecule has 0 saturated heterocycles. The molecule has 0 aliphatic rings. The van der Waals surface area contributed by atoms with E-state index >= 15 is 0 Å². The van der Waals surface area contributed by atoms with Crippen molar-refractivity contribution in [1.29, 1.82) is 0 Å². The van der Waals surface area contributed by atoms with Crippen molar-refractivity contribution in [3.8, 4) is 0 Å². The molecule has 0 atom stereocenters. The molecular formula is C12H12NOP. The SMILES string of the molecule is NOP(c1ccccc1)c1ccccc1. The summed E-state index contributed by atoms with van der Waals surface area (Å²) in [5.41, 5.74) is 0. The second-order valence-electron chi connectivity index (χ2n) is 3.07. The third kappa shape index (κ3) is 2.42. The van der Waals surface area contributed by atoms with Crippen LogP contribution in [0.25, 0.3) is 0 Å². The average molecular weight is 217 g/mol. The monoisotopic (exact) mass is 217 g/mol. The van der Waals surface area contributed by atoms with Crippen molar-refractivity contribution in [3.05, 3.63) is 60.7 Å². The van der Waals surface area contributed by atoms with Crippen LogP contribution in [-0.2, 0) is 4.62 Å². The Morgan fingerprint density at radius 3 is 1.47 bits per heavy atom. The number of nitrogens with two attached hydrogens (primary N) is 1. The van der Waals surface area contributed by atoms with Gasteiger partial charge in [0.25, 0.3) is 0 Å². The van der Waals surface area contributed by atoms with E-state index in [2.05, 4.69) is 0 Å². The van der Waals surface area contributed by atoms with Crippen molar-refractivity contribution in [3.63, 3.8) is 0 Å². The minimum absolute atomic E-state index is 0.871. The van der Waals surface area contributed by atoms with Crippen LogP contribution >= 0.6 is 8.15 Å². The molecule has 0 radical (unpaired) electrons. The first-order valence-corrected chi connectivity index (χ1v) is 5.95. The lowest BCUT2D eigenvalue weighted by atomic mass is 10.4. The third-order valence-corrected chi connectivity index (χ3v) is 3.83. The Hall–Kier alpha value is -1.21. The van der Waals surface area contributed by atoms with Gasteiger partial charge in [0.15, 0.2) is 0 Å². The Kier molecular flexibility index (Phi) is 3.46. The van der Waals surface area contributed by atoms with Crippen molar-refractivity contribution in [2.45, 2.75) is 0 Å². The van der Waals surface area contributed by atoms with Gasteiger partial charge in [-0.3, -0.25) is 4.62 Å². The van der Waals surface area contributed by atoms with Crippen LogP contribution in [0.2, 0.25) is 0 Å². The fraction of sp³-hybridized carbons (Fsp3) is 0. The van der Waals surface area contributed by atoms with E-state index in [-0.39, 0.29) is 0 Å². The quantitative estimate of drug-likeness (QED) is 0.629. The highest BCUT2D eigenvalue weighted by Gasteiger charge is 2.12. The second kappa shape index (κ2) is 5.04. The predicted molar refractivity (Wildman–Crippen MR) is 64.3 cm³/mol. The van der Waals surface area contributed by atoms with Crippen molar-refractivity contribution in [2.75, 3.05) is 0 Å². The summed E-state index contributed by atoms with van der Waals surface area (Å²) in [7, 11) is -0.871. The molecule has 0 heterocycles. The van der Waals surface area contributed by atoms with E-state index in [9.17, 15) is 0 Å². The van der Waals surface area contributed by atoms with Gasteiger partial charge in [0.05, 0.1) is 0 Å². The zero-order chi connectivity index (χ0) is 10.5. The molecule has 0 saturated carbocycles. The average Bonchev–Trinajstić information content (AvgIpc) is 2.33. The molecule has 3 heteroatoms. The van der Waals surface area contributed by atoms with E-state index in [0.29, 0.717) is 0 Å². The minimum atomic E-state index is -0.871. The summed E-state index contributed by atoms with van der Waals surface area (Å²) in [5, 5.41) is 2.25. The molecule has 15 heavy (non-hydrogen) atoms. The molecule has 2 rings (SSSR count). The first kappa shape index (κ1) is 10.3. The van der Waals surface area contributed by atoms with Gasteiger partial charge >= 0.3 is 0 Å². The summed E-state index contributed by atoms with van der Waals surface area (Å²) in [6.07, 6.45) is 0. The molecule has 76 valence electrons. The third-order valence-electron chi connectivity index (χ3n) is 2.09. The molecule has 0 bridgehead atoms. The van der Waals surface area contributed by atoms with Crippen LogP contribution in [0.15, 0.2) is 60.7 Å². The Labute approximate surface area is 90.5 Å². The van der Waals surface area contributed by atoms with Crippen molar-refractivity contribution < 1.29 is 4.62 Å². The van der Waals surface area contributed by atoms with Crippen LogP contribution in [0, 0.1) is 0 Å². The summed E-state index contributed by atoms with van der Waals surface area (Å²) in [6.45, 7) is 0. The molecule has 2 nitrogen and oxygen atoms in total. The Morgan fingerprint density at radius 1 is 0.733 bits per heavy atom. The van der Waals surface area contributed by atoms with E-state index < -0.39 is 8.15 Å². The van der Waals surface area contributed by atoms with Crippen molar-refractivity contribution >= 4 is 18.8 Å². The molecule has 0 aromatic heterocycles. The van der Waals surface area contributed by atoms with Crippen LogP contribution in [0.4, 0.5) is 0 Å². The van der Waals surface area contributed by atoms with Gasteiger partial charge in [0.1, 0.15) is 8.15 Å². The molecule has 2 N–H and O–H groups in total. The van der Waals surface area contributed by atoms with Gasteiger partial charge in [0, 0.05) is 10.6 Å². The lowest BCUT2D eigenvalue weighted by Crippen LogP contribution is -2.15.